The van der Waals surface area contributed by atoms with Crippen molar-refractivity contribution in [3.8, 4) is 5.82 Å². The smallest absolute Gasteiger partial charge is 0.348 e. The van der Waals surface area contributed by atoms with E-state index >= 15 is 0 Å². The van der Waals surface area contributed by atoms with Gasteiger partial charge in [-0.15, -0.1) is 10.2 Å². The predicted octanol–water partition coefficient (Wildman–Crippen LogP) is 5.94. The van der Waals surface area contributed by atoms with E-state index in [0.717, 1.165) is 5.56 Å². The summed E-state index contributed by atoms with van der Waals surface area (Å²) >= 11 is 18.8. The number of aromatic nitrogens is 7. The molecular weight excluding hydrogens is 644 g/mol. The molecule has 0 spiro atoms. The van der Waals surface area contributed by atoms with Gasteiger partial charge in [-0.2, -0.15) is 23.1 Å². The Morgan fingerprint density at radius 1 is 0.977 bits per heavy atom. The average molecular weight is 664 g/mol. The van der Waals surface area contributed by atoms with Gasteiger partial charge in [0.05, 0.1) is 21.3 Å². The molecule has 0 unspecified atom stereocenters. The largest absolute Gasteiger partial charge is 0.455 e. The Kier molecular flexibility index (Phi) is 9.00. The summed E-state index contributed by atoms with van der Waals surface area (Å²) in [5.74, 6) is -2.30. The number of hydrogen-bond donors (Lipinski definition) is 1. The molecule has 3 aromatic heterocycles. The Hall–Kier alpha value is -4.33. The molecule has 0 aliphatic heterocycles. The third-order valence-corrected chi connectivity index (χ3v) is 7.28. The van der Waals surface area contributed by atoms with Gasteiger partial charge in [0, 0.05) is 24.2 Å². The number of nitrogens with one attached hydrogen (secondary N) is 1. The second-order valence-corrected chi connectivity index (χ2v) is 10.8. The van der Waals surface area contributed by atoms with E-state index in [1.807, 2.05) is 0 Å². The summed E-state index contributed by atoms with van der Waals surface area (Å²) in [5, 5.41) is 17.8. The number of rotatable bonds is 9. The number of carbonyl (C=O) groups excluding carboxylic acids is 2. The van der Waals surface area contributed by atoms with Gasteiger partial charge in [0.15, 0.2) is 11.6 Å². The second kappa shape index (κ2) is 12.7. The summed E-state index contributed by atoms with van der Waals surface area (Å²) in [6.45, 7) is 1.59. The third-order valence-electron chi connectivity index (χ3n) is 6.42. The number of benzene rings is 2. The van der Waals surface area contributed by atoms with Crippen LogP contribution in [0.25, 0.3) is 5.82 Å². The molecule has 1 amide bonds. The average Bonchev–Trinajstić information content (AvgIpc) is 3.63. The molecule has 44 heavy (non-hydrogen) atoms. The summed E-state index contributed by atoms with van der Waals surface area (Å²) in [5.41, 5.74) is 2.08. The highest BCUT2D eigenvalue weighted by Gasteiger charge is 2.37. The SMILES string of the molecule is Cc1ccc(Cl)c(C(=O)NCc2ccc(Cl)cc2)c1CC(=O)c1cc(Cn2nnc(C(F)(F)F)n2)nn1-c1ncccc1Cl. The number of amides is 1. The van der Waals surface area contributed by atoms with Gasteiger partial charge in [-0.3, -0.25) is 9.59 Å². The lowest BCUT2D eigenvalue weighted by molar-refractivity contribution is -0.145. The molecule has 5 aromatic rings. The van der Waals surface area contributed by atoms with Gasteiger partial charge in [0.25, 0.3) is 11.7 Å². The monoisotopic (exact) mass is 662 g/mol. The highest BCUT2D eigenvalue weighted by molar-refractivity contribution is 6.34. The van der Waals surface area contributed by atoms with E-state index in [-0.39, 0.29) is 52.3 Å². The van der Waals surface area contributed by atoms with Crippen LogP contribution < -0.4 is 5.32 Å². The summed E-state index contributed by atoms with van der Waals surface area (Å²) in [6.07, 6.45) is -3.62. The summed E-state index contributed by atoms with van der Waals surface area (Å²) in [6, 6.07) is 14.7. The maximum absolute atomic E-state index is 13.9. The molecule has 16 heteroatoms. The molecule has 0 atom stereocenters. The second-order valence-electron chi connectivity index (χ2n) is 9.51. The van der Waals surface area contributed by atoms with Gasteiger partial charge < -0.3 is 5.32 Å². The molecule has 5 rings (SSSR count). The van der Waals surface area contributed by atoms with Crippen LogP contribution in [0.2, 0.25) is 15.1 Å². The van der Waals surface area contributed by atoms with E-state index in [9.17, 15) is 22.8 Å². The zero-order valence-electron chi connectivity index (χ0n) is 22.6. The van der Waals surface area contributed by atoms with Crippen LogP contribution >= 0.6 is 34.8 Å². The van der Waals surface area contributed by atoms with Gasteiger partial charge >= 0.3 is 6.18 Å². The minimum Gasteiger partial charge on any atom is -0.348 e. The van der Waals surface area contributed by atoms with E-state index in [1.165, 1.54) is 16.9 Å². The fraction of sp³-hybridized carbons (Fsp3) is 0.179. The van der Waals surface area contributed by atoms with Crippen LogP contribution in [-0.4, -0.2) is 46.7 Å². The topological polar surface area (TPSA) is 120 Å². The molecule has 0 saturated carbocycles. The van der Waals surface area contributed by atoms with Gasteiger partial charge in [0.1, 0.15) is 12.2 Å². The van der Waals surface area contributed by atoms with E-state index in [4.69, 9.17) is 34.8 Å². The molecule has 0 bridgehead atoms. The molecular formula is C28H20Cl3F3N8O2. The minimum absolute atomic E-state index is 0.00339. The van der Waals surface area contributed by atoms with E-state index in [0.29, 0.717) is 20.9 Å². The molecule has 0 saturated heterocycles. The summed E-state index contributed by atoms with van der Waals surface area (Å²) in [7, 11) is 0. The van der Waals surface area contributed by atoms with Crippen molar-refractivity contribution >= 4 is 46.5 Å². The first-order valence-electron chi connectivity index (χ1n) is 12.8. The highest BCUT2D eigenvalue weighted by atomic mass is 35.5. The number of tetrazole rings is 1. The third kappa shape index (κ3) is 6.90. The number of carbonyl (C=O) groups is 2. The van der Waals surface area contributed by atoms with Crippen molar-refractivity contribution < 1.29 is 22.8 Å². The standard InChI is InChI=1S/C28H20Cl3F3N8O2/c1-15-4-9-20(30)24(26(44)36-13-16-5-7-17(29)8-6-16)19(15)12-23(43)22-11-18(14-41-39-27(37-40-41)28(32,33)34)38-42(22)25-21(31)3-2-10-35-25/h2-11H,12-14H2,1H3,(H,36,44). The van der Waals surface area contributed by atoms with Crippen LogP contribution in [-0.2, 0) is 25.7 Å². The molecule has 0 aliphatic carbocycles. The molecule has 0 aliphatic rings. The Bertz CT molecular complexity index is 1860. The van der Waals surface area contributed by atoms with Gasteiger partial charge in [-0.05, 0) is 65.2 Å². The van der Waals surface area contributed by atoms with Crippen molar-refractivity contribution in [2.24, 2.45) is 0 Å². The van der Waals surface area contributed by atoms with Gasteiger partial charge in [-0.25, -0.2) is 9.67 Å². The van der Waals surface area contributed by atoms with Crippen LogP contribution in [0.1, 0.15) is 49.1 Å². The minimum atomic E-state index is -4.78. The molecule has 2 aromatic carbocycles. The Labute approximate surface area is 262 Å². The lowest BCUT2D eigenvalue weighted by Gasteiger charge is -2.15. The fourth-order valence-corrected chi connectivity index (χ4v) is 4.88. The van der Waals surface area contributed by atoms with Crippen molar-refractivity contribution in [2.75, 3.05) is 0 Å². The zero-order chi connectivity index (χ0) is 31.6. The Morgan fingerprint density at radius 2 is 1.73 bits per heavy atom. The lowest BCUT2D eigenvalue weighted by atomic mass is 9.95. The van der Waals surface area contributed by atoms with Gasteiger partial charge in [-0.1, -0.05) is 53.0 Å². The molecule has 0 fully saturated rings. The molecule has 226 valence electrons. The molecule has 1 N–H and O–H groups in total. The number of alkyl halides is 3. The van der Waals surface area contributed by atoms with Crippen LogP contribution in [0.3, 0.4) is 0 Å². The maximum Gasteiger partial charge on any atom is 0.455 e. The first kappa shape index (κ1) is 31.1. The number of nitrogens with zero attached hydrogens (tertiary/aromatic N) is 7. The first-order chi connectivity index (χ1) is 20.9. The van der Waals surface area contributed by atoms with Gasteiger partial charge in [0.2, 0.25) is 0 Å². The number of ketones is 1. The number of Topliss-reactive ketones (excluding diaryl/α,β-unsaturated/α-hetero) is 1. The normalized spacial score (nSPS) is 11.5. The van der Waals surface area contributed by atoms with E-state index in [2.05, 4.69) is 30.8 Å². The number of hydrogen-bond acceptors (Lipinski definition) is 7. The zero-order valence-corrected chi connectivity index (χ0v) is 24.9. The van der Waals surface area contributed by atoms with E-state index in [1.54, 1.807) is 55.5 Å². The Balaban J connectivity index is 1.47. The fourth-order valence-electron chi connectivity index (χ4n) is 4.29. The van der Waals surface area contributed by atoms with Crippen molar-refractivity contribution in [1.82, 2.24) is 40.3 Å². The maximum atomic E-state index is 13.9. The number of halogens is 6. The van der Waals surface area contributed by atoms with E-state index < -0.39 is 23.7 Å². The number of aryl methyl sites for hydroxylation is 1. The van der Waals surface area contributed by atoms with Crippen molar-refractivity contribution in [3.63, 3.8) is 0 Å². The Morgan fingerprint density at radius 3 is 2.41 bits per heavy atom. The van der Waals surface area contributed by atoms with Crippen molar-refractivity contribution in [3.05, 3.63) is 115 Å². The quantitative estimate of drug-likeness (QED) is 0.194. The first-order valence-corrected chi connectivity index (χ1v) is 13.9. The van der Waals surface area contributed by atoms with Crippen molar-refractivity contribution in [1.29, 1.82) is 0 Å². The van der Waals surface area contributed by atoms with Crippen LogP contribution in [0.4, 0.5) is 13.2 Å². The molecule has 3 heterocycles. The van der Waals surface area contributed by atoms with Crippen molar-refractivity contribution in [2.45, 2.75) is 32.6 Å². The molecule has 10 nitrogen and oxygen atoms in total. The van der Waals surface area contributed by atoms with Crippen LogP contribution in [0.5, 0.6) is 0 Å². The molecule has 0 radical (unpaired) electrons. The predicted molar refractivity (Wildman–Crippen MR) is 155 cm³/mol. The lowest BCUT2D eigenvalue weighted by Crippen LogP contribution is -2.25. The summed E-state index contributed by atoms with van der Waals surface area (Å²) in [4.78, 5) is 32.1. The highest BCUT2D eigenvalue weighted by Crippen LogP contribution is 2.28. The summed E-state index contributed by atoms with van der Waals surface area (Å²) < 4.78 is 40.1. The van der Waals surface area contributed by atoms with Crippen LogP contribution in [0.15, 0.2) is 60.8 Å². The number of pyridine rings is 1. The van der Waals surface area contributed by atoms with Crippen LogP contribution in [0, 0.1) is 6.92 Å².